The van der Waals surface area contributed by atoms with Gasteiger partial charge in [0.1, 0.15) is 6.54 Å². The summed E-state index contributed by atoms with van der Waals surface area (Å²) in [6, 6.07) is 1.57. The molecule has 0 saturated carbocycles. The highest BCUT2D eigenvalue weighted by Gasteiger charge is 2.03. The van der Waals surface area contributed by atoms with Gasteiger partial charge in [-0.25, -0.2) is 9.78 Å². The molecule has 1 aromatic rings. The lowest BCUT2D eigenvalue weighted by molar-refractivity contribution is -0.137. The van der Waals surface area contributed by atoms with Gasteiger partial charge in [0.15, 0.2) is 0 Å². The van der Waals surface area contributed by atoms with Crippen molar-refractivity contribution in [3.05, 3.63) is 28.9 Å². The lowest BCUT2D eigenvalue weighted by Gasteiger charge is -2.05. The highest BCUT2D eigenvalue weighted by atomic mass is 16.4. The Hall–Kier alpha value is -2.18. The molecule has 7 nitrogen and oxygen atoms in total. The largest absolute Gasteiger partial charge is 0.481 e. The Morgan fingerprint density at radius 1 is 1.39 bits per heavy atom. The van der Waals surface area contributed by atoms with Crippen LogP contribution in [0.5, 0.6) is 0 Å². The number of unbranched alkanes of at least 4 members (excludes halogenated alkanes) is 1. The summed E-state index contributed by atoms with van der Waals surface area (Å²) in [5, 5.41) is 11.0. The first-order valence-corrected chi connectivity index (χ1v) is 5.59. The molecular weight excluding hydrogens is 238 g/mol. The van der Waals surface area contributed by atoms with Gasteiger partial charge in [-0.05, 0) is 18.9 Å². The monoisotopic (exact) mass is 253 g/mol. The summed E-state index contributed by atoms with van der Waals surface area (Å²) in [5.41, 5.74) is -0.474. The predicted octanol–water partition coefficient (Wildman–Crippen LogP) is -0.386. The topological polar surface area (TPSA) is 101 Å². The van der Waals surface area contributed by atoms with E-state index in [1.165, 1.54) is 17.0 Å². The van der Waals surface area contributed by atoms with Crippen molar-refractivity contribution in [1.82, 2.24) is 14.9 Å². The Labute approximate surface area is 103 Å². The molecule has 18 heavy (non-hydrogen) atoms. The molecular formula is C11H15N3O4. The lowest BCUT2D eigenvalue weighted by atomic mass is 10.2. The van der Waals surface area contributed by atoms with E-state index in [4.69, 9.17) is 5.11 Å². The quantitative estimate of drug-likeness (QED) is 0.645. The van der Waals surface area contributed by atoms with Gasteiger partial charge in [-0.3, -0.25) is 14.2 Å². The average Bonchev–Trinajstić information content (AvgIpc) is 2.31. The Morgan fingerprint density at radius 3 is 2.83 bits per heavy atom. The fraction of sp³-hybridized carbons (Fsp3) is 0.455. The molecule has 0 aliphatic carbocycles. The molecule has 0 bridgehead atoms. The van der Waals surface area contributed by atoms with Crippen LogP contribution in [0.15, 0.2) is 23.3 Å². The third kappa shape index (κ3) is 5.24. The zero-order valence-electron chi connectivity index (χ0n) is 9.83. The van der Waals surface area contributed by atoms with E-state index in [1.54, 1.807) is 6.07 Å². The van der Waals surface area contributed by atoms with Crippen LogP contribution in [-0.4, -0.2) is 33.1 Å². The van der Waals surface area contributed by atoms with Crippen molar-refractivity contribution >= 4 is 11.9 Å². The number of nitrogens with one attached hydrogen (secondary N) is 1. The number of hydrogen-bond donors (Lipinski definition) is 2. The smallest absolute Gasteiger partial charge is 0.347 e. The SMILES string of the molecule is O=C(O)CCCCNC(=O)Cn1cccnc1=O. The van der Waals surface area contributed by atoms with Gasteiger partial charge in [0.2, 0.25) is 5.91 Å². The number of carbonyl (C=O) groups excluding carboxylic acids is 1. The molecule has 7 heteroatoms. The molecule has 0 radical (unpaired) electrons. The van der Waals surface area contributed by atoms with Crippen LogP contribution in [0.25, 0.3) is 0 Å². The summed E-state index contributed by atoms with van der Waals surface area (Å²) in [6.07, 6.45) is 4.06. The van der Waals surface area contributed by atoms with Crippen LogP contribution in [-0.2, 0) is 16.1 Å². The maximum Gasteiger partial charge on any atom is 0.347 e. The first-order chi connectivity index (χ1) is 8.59. The summed E-state index contributed by atoms with van der Waals surface area (Å²) < 4.78 is 1.20. The van der Waals surface area contributed by atoms with Gasteiger partial charge >= 0.3 is 11.7 Å². The first kappa shape index (κ1) is 13.9. The molecule has 0 aliphatic heterocycles. The van der Waals surface area contributed by atoms with E-state index in [2.05, 4.69) is 10.3 Å². The van der Waals surface area contributed by atoms with Crippen LogP contribution in [0.1, 0.15) is 19.3 Å². The van der Waals surface area contributed by atoms with E-state index in [1.807, 2.05) is 0 Å². The van der Waals surface area contributed by atoms with Crippen molar-refractivity contribution in [1.29, 1.82) is 0 Å². The third-order valence-electron chi connectivity index (χ3n) is 2.24. The Balaban J connectivity index is 2.24. The normalized spacial score (nSPS) is 10.0. The maximum atomic E-state index is 11.4. The second kappa shape index (κ2) is 7.21. The third-order valence-corrected chi connectivity index (χ3v) is 2.24. The number of carbonyl (C=O) groups is 2. The second-order valence-corrected chi connectivity index (χ2v) is 3.73. The van der Waals surface area contributed by atoms with Gasteiger partial charge < -0.3 is 10.4 Å². The molecule has 98 valence electrons. The fourth-order valence-corrected chi connectivity index (χ4v) is 1.35. The standard InChI is InChI=1S/C11H15N3O4/c15-9(12-5-2-1-4-10(16)17)8-14-7-3-6-13-11(14)18/h3,6-7H,1-2,4-5,8H2,(H,12,15)(H,16,17). The highest BCUT2D eigenvalue weighted by Crippen LogP contribution is 1.93. The van der Waals surface area contributed by atoms with Gasteiger partial charge in [0, 0.05) is 25.4 Å². The van der Waals surface area contributed by atoms with Gasteiger partial charge in [0.05, 0.1) is 0 Å². The van der Waals surface area contributed by atoms with Crippen LogP contribution >= 0.6 is 0 Å². The highest BCUT2D eigenvalue weighted by molar-refractivity contribution is 5.75. The summed E-state index contributed by atoms with van der Waals surface area (Å²) in [7, 11) is 0. The fourth-order valence-electron chi connectivity index (χ4n) is 1.35. The minimum absolute atomic E-state index is 0.0778. The number of amides is 1. The minimum Gasteiger partial charge on any atom is -0.481 e. The summed E-state index contributed by atoms with van der Waals surface area (Å²) in [5.74, 6) is -1.14. The Morgan fingerprint density at radius 2 is 2.17 bits per heavy atom. The summed E-state index contributed by atoms with van der Waals surface area (Å²) >= 11 is 0. The average molecular weight is 253 g/mol. The van der Waals surface area contributed by atoms with E-state index >= 15 is 0 Å². The molecule has 2 N–H and O–H groups in total. The van der Waals surface area contributed by atoms with E-state index in [-0.39, 0.29) is 18.9 Å². The van der Waals surface area contributed by atoms with Crippen LogP contribution in [0, 0.1) is 0 Å². The van der Waals surface area contributed by atoms with E-state index < -0.39 is 11.7 Å². The number of hydrogen-bond acceptors (Lipinski definition) is 4. The van der Waals surface area contributed by atoms with Gasteiger partial charge in [-0.1, -0.05) is 0 Å². The number of aliphatic carboxylic acids is 1. The zero-order valence-corrected chi connectivity index (χ0v) is 9.83. The summed E-state index contributed by atoms with van der Waals surface area (Å²) in [4.78, 5) is 36.4. The molecule has 1 rings (SSSR count). The molecule has 1 amide bonds. The van der Waals surface area contributed by atoms with Crippen LogP contribution in [0.2, 0.25) is 0 Å². The van der Waals surface area contributed by atoms with Crippen LogP contribution in [0.4, 0.5) is 0 Å². The molecule has 0 unspecified atom stereocenters. The van der Waals surface area contributed by atoms with Crippen molar-refractivity contribution in [2.24, 2.45) is 0 Å². The molecule has 0 atom stereocenters. The molecule has 0 aromatic carbocycles. The van der Waals surface area contributed by atoms with E-state index in [0.717, 1.165) is 0 Å². The molecule has 0 aliphatic rings. The molecule has 1 heterocycles. The number of rotatable bonds is 7. The van der Waals surface area contributed by atoms with Crippen molar-refractivity contribution < 1.29 is 14.7 Å². The minimum atomic E-state index is -0.844. The van der Waals surface area contributed by atoms with Crippen molar-refractivity contribution in [3.8, 4) is 0 Å². The Bertz CT molecular complexity index is 469. The van der Waals surface area contributed by atoms with E-state index in [0.29, 0.717) is 19.4 Å². The van der Waals surface area contributed by atoms with Crippen molar-refractivity contribution in [2.45, 2.75) is 25.8 Å². The predicted molar refractivity (Wildman–Crippen MR) is 63.0 cm³/mol. The number of carboxylic acids is 1. The van der Waals surface area contributed by atoms with Crippen molar-refractivity contribution in [3.63, 3.8) is 0 Å². The number of nitrogens with zero attached hydrogens (tertiary/aromatic N) is 2. The molecule has 0 saturated heterocycles. The second-order valence-electron chi connectivity index (χ2n) is 3.73. The van der Waals surface area contributed by atoms with Gasteiger partial charge in [-0.2, -0.15) is 0 Å². The molecule has 0 fully saturated rings. The lowest BCUT2D eigenvalue weighted by Crippen LogP contribution is -2.33. The van der Waals surface area contributed by atoms with Crippen LogP contribution < -0.4 is 11.0 Å². The molecule has 1 aromatic heterocycles. The van der Waals surface area contributed by atoms with E-state index in [9.17, 15) is 14.4 Å². The van der Waals surface area contributed by atoms with Gasteiger partial charge in [-0.15, -0.1) is 0 Å². The number of carboxylic acid groups (broad SMARTS) is 1. The zero-order chi connectivity index (χ0) is 13.4. The van der Waals surface area contributed by atoms with Gasteiger partial charge in [0.25, 0.3) is 0 Å². The maximum absolute atomic E-state index is 11.4. The summed E-state index contributed by atoms with van der Waals surface area (Å²) in [6.45, 7) is 0.326. The van der Waals surface area contributed by atoms with Crippen molar-refractivity contribution in [2.75, 3.05) is 6.54 Å². The molecule has 0 spiro atoms. The van der Waals surface area contributed by atoms with Crippen LogP contribution in [0.3, 0.4) is 0 Å². The Kier molecular flexibility index (Phi) is 5.56. The number of aromatic nitrogens is 2. The first-order valence-electron chi connectivity index (χ1n) is 5.59.